The molecule has 1 saturated carbocycles. The minimum Gasteiger partial charge on any atom is -0.506 e. The van der Waals surface area contributed by atoms with Crippen LogP contribution in [0, 0.1) is 17.0 Å². The van der Waals surface area contributed by atoms with Crippen LogP contribution in [0.2, 0.25) is 0 Å². The number of aliphatic hydroxyl groups is 1. The number of allylic oxidation sites excluding steroid dienone is 1. The number of halogens is 2. The molecule has 3 rings (SSSR count). The standard InChI is InChI=1S/C21H19F2NO2/c1-21(2)11-17(24-16-8-6-14(22)7-9-16)19(18(25)12-21)20(26)13-4-3-5-15(23)10-13/h3-10,26H,11-12H2,1-2H3/b20-19+,24-17?. The number of aliphatic hydroxyl groups excluding tert-OH is 1. The quantitative estimate of drug-likeness (QED) is 0.579. The highest BCUT2D eigenvalue weighted by Crippen LogP contribution is 2.37. The lowest BCUT2D eigenvalue weighted by Gasteiger charge is -2.31. The first-order valence-corrected chi connectivity index (χ1v) is 8.31. The molecule has 0 atom stereocenters. The second-order valence-electron chi connectivity index (χ2n) is 7.21. The van der Waals surface area contributed by atoms with E-state index in [9.17, 15) is 18.7 Å². The highest BCUT2D eigenvalue weighted by molar-refractivity contribution is 6.28. The van der Waals surface area contributed by atoms with Gasteiger partial charge >= 0.3 is 0 Å². The van der Waals surface area contributed by atoms with Gasteiger partial charge in [0.25, 0.3) is 0 Å². The number of benzene rings is 2. The van der Waals surface area contributed by atoms with Gasteiger partial charge in [-0.3, -0.25) is 9.79 Å². The van der Waals surface area contributed by atoms with Gasteiger partial charge < -0.3 is 5.11 Å². The number of hydrogen-bond acceptors (Lipinski definition) is 3. The Bertz CT molecular complexity index is 912. The van der Waals surface area contributed by atoms with Gasteiger partial charge in [-0.25, -0.2) is 8.78 Å². The van der Waals surface area contributed by atoms with Gasteiger partial charge in [-0.1, -0.05) is 26.0 Å². The smallest absolute Gasteiger partial charge is 0.169 e. The summed E-state index contributed by atoms with van der Waals surface area (Å²) < 4.78 is 26.6. The summed E-state index contributed by atoms with van der Waals surface area (Å²) in [7, 11) is 0. The van der Waals surface area contributed by atoms with Crippen LogP contribution in [0.5, 0.6) is 0 Å². The number of aliphatic imine (C=N–C) groups is 1. The molecule has 0 saturated heterocycles. The maximum Gasteiger partial charge on any atom is 0.169 e. The highest BCUT2D eigenvalue weighted by atomic mass is 19.1. The number of nitrogens with zero attached hydrogens (tertiary/aromatic N) is 1. The topological polar surface area (TPSA) is 49.7 Å². The van der Waals surface area contributed by atoms with E-state index in [0.29, 0.717) is 17.8 Å². The van der Waals surface area contributed by atoms with Crippen molar-refractivity contribution in [2.24, 2.45) is 10.4 Å². The van der Waals surface area contributed by atoms with Crippen molar-refractivity contribution in [1.82, 2.24) is 0 Å². The Labute approximate surface area is 150 Å². The molecule has 0 amide bonds. The molecule has 0 heterocycles. The number of rotatable bonds is 2. The second kappa shape index (κ2) is 6.83. The van der Waals surface area contributed by atoms with Crippen LogP contribution in [0.25, 0.3) is 5.76 Å². The Morgan fingerprint density at radius 2 is 1.73 bits per heavy atom. The Hall–Kier alpha value is -2.82. The summed E-state index contributed by atoms with van der Waals surface area (Å²) >= 11 is 0. The number of Topliss-reactive ketones (excluding diaryl/α,β-unsaturated/α-hetero) is 1. The third-order valence-electron chi connectivity index (χ3n) is 4.28. The molecule has 1 aliphatic rings. The van der Waals surface area contributed by atoms with E-state index in [1.807, 2.05) is 13.8 Å². The first kappa shape index (κ1) is 18.0. The lowest BCUT2D eigenvalue weighted by atomic mass is 9.73. The zero-order chi connectivity index (χ0) is 18.9. The third-order valence-corrected chi connectivity index (χ3v) is 4.28. The van der Waals surface area contributed by atoms with E-state index in [1.165, 1.54) is 48.5 Å². The van der Waals surface area contributed by atoms with E-state index >= 15 is 0 Å². The molecule has 0 aliphatic heterocycles. The fraction of sp³-hybridized carbons (Fsp3) is 0.238. The summed E-state index contributed by atoms with van der Waals surface area (Å²) in [6.07, 6.45) is 0.717. The molecule has 26 heavy (non-hydrogen) atoms. The third kappa shape index (κ3) is 3.87. The van der Waals surface area contributed by atoms with Crippen molar-refractivity contribution in [1.29, 1.82) is 0 Å². The van der Waals surface area contributed by atoms with Gasteiger partial charge in [0.1, 0.15) is 17.4 Å². The molecule has 1 N–H and O–H groups in total. The van der Waals surface area contributed by atoms with Crippen LogP contribution in [0.3, 0.4) is 0 Å². The first-order valence-electron chi connectivity index (χ1n) is 8.31. The van der Waals surface area contributed by atoms with Crippen LogP contribution < -0.4 is 0 Å². The van der Waals surface area contributed by atoms with E-state index in [2.05, 4.69) is 4.99 Å². The molecule has 2 aromatic rings. The van der Waals surface area contributed by atoms with Crippen LogP contribution in [-0.2, 0) is 4.79 Å². The summed E-state index contributed by atoms with van der Waals surface area (Å²) in [4.78, 5) is 17.2. The number of hydrogen-bond donors (Lipinski definition) is 1. The van der Waals surface area contributed by atoms with Gasteiger partial charge in [0, 0.05) is 12.0 Å². The Morgan fingerprint density at radius 3 is 2.38 bits per heavy atom. The Balaban J connectivity index is 2.14. The largest absolute Gasteiger partial charge is 0.506 e. The van der Waals surface area contributed by atoms with Crippen LogP contribution in [0.1, 0.15) is 32.3 Å². The van der Waals surface area contributed by atoms with E-state index in [0.717, 1.165) is 0 Å². The van der Waals surface area contributed by atoms with Crippen LogP contribution in [-0.4, -0.2) is 16.6 Å². The first-order chi connectivity index (χ1) is 12.2. The number of carbonyl (C=O) groups excluding carboxylic acids is 1. The maximum absolute atomic E-state index is 13.5. The molecule has 0 spiro atoms. The van der Waals surface area contributed by atoms with Crippen molar-refractivity contribution < 1.29 is 18.7 Å². The minimum absolute atomic E-state index is 0.0965. The molecule has 134 valence electrons. The molecule has 0 aromatic heterocycles. The molecule has 1 aliphatic carbocycles. The van der Waals surface area contributed by atoms with Crippen LogP contribution in [0.4, 0.5) is 14.5 Å². The van der Waals surface area contributed by atoms with Crippen LogP contribution >= 0.6 is 0 Å². The lowest BCUT2D eigenvalue weighted by molar-refractivity contribution is -0.117. The predicted octanol–water partition coefficient (Wildman–Crippen LogP) is 5.40. The van der Waals surface area contributed by atoms with Gasteiger partial charge in [-0.2, -0.15) is 0 Å². The molecule has 5 heteroatoms. The highest BCUT2D eigenvalue weighted by Gasteiger charge is 2.36. The summed E-state index contributed by atoms with van der Waals surface area (Å²) in [5.41, 5.74) is 0.900. The minimum atomic E-state index is -0.504. The van der Waals surface area contributed by atoms with Gasteiger partial charge in [0.2, 0.25) is 0 Å². The van der Waals surface area contributed by atoms with E-state index < -0.39 is 5.82 Å². The summed E-state index contributed by atoms with van der Waals surface area (Å²) in [6.45, 7) is 3.89. The SMILES string of the molecule is CC1(C)CC(=O)/C(=C(/O)c2cccc(F)c2)C(=Nc2ccc(F)cc2)C1. The Morgan fingerprint density at radius 1 is 1.04 bits per heavy atom. The second-order valence-corrected chi connectivity index (χ2v) is 7.21. The summed E-state index contributed by atoms with van der Waals surface area (Å²) in [5.74, 6) is -1.42. The van der Waals surface area contributed by atoms with Crippen molar-refractivity contribution in [3.63, 3.8) is 0 Å². The molecule has 0 radical (unpaired) electrons. The average Bonchev–Trinajstić information content (AvgIpc) is 2.55. The fourth-order valence-electron chi connectivity index (χ4n) is 3.10. The zero-order valence-electron chi connectivity index (χ0n) is 14.6. The van der Waals surface area contributed by atoms with Gasteiger partial charge in [0.15, 0.2) is 5.78 Å². The summed E-state index contributed by atoms with van der Waals surface area (Å²) in [5, 5.41) is 10.7. The Kier molecular flexibility index (Phi) is 4.72. The zero-order valence-corrected chi connectivity index (χ0v) is 14.6. The van der Waals surface area contributed by atoms with Crippen LogP contribution in [0.15, 0.2) is 59.1 Å². The number of carbonyl (C=O) groups is 1. The summed E-state index contributed by atoms with van der Waals surface area (Å²) in [6, 6.07) is 11.0. The van der Waals surface area contributed by atoms with Crippen molar-refractivity contribution in [3.05, 3.63) is 71.3 Å². The van der Waals surface area contributed by atoms with Crippen molar-refractivity contribution in [3.8, 4) is 0 Å². The van der Waals surface area contributed by atoms with E-state index in [1.54, 1.807) is 0 Å². The average molecular weight is 355 g/mol. The van der Waals surface area contributed by atoms with Gasteiger partial charge in [-0.05, 0) is 48.2 Å². The molecule has 2 aromatic carbocycles. The predicted molar refractivity (Wildman–Crippen MR) is 97.5 cm³/mol. The molecule has 1 fully saturated rings. The normalized spacial score (nSPS) is 20.3. The molecular formula is C21H19F2NO2. The molecule has 3 nitrogen and oxygen atoms in total. The fourth-order valence-corrected chi connectivity index (χ4v) is 3.10. The van der Waals surface area contributed by atoms with E-state index in [4.69, 9.17) is 0 Å². The maximum atomic E-state index is 13.5. The monoisotopic (exact) mass is 355 g/mol. The molecular weight excluding hydrogens is 336 g/mol. The van der Waals surface area contributed by atoms with Gasteiger partial charge in [-0.15, -0.1) is 0 Å². The van der Waals surface area contributed by atoms with Crippen molar-refractivity contribution in [2.45, 2.75) is 26.7 Å². The number of ketones is 1. The van der Waals surface area contributed by atoms with Crippen molar-refractivity contribution in [2.75, 3.05) is 0 Å². The molecule has 0 bridgehead atoms. The molecule has 0 unspecified atom stereocenters. The van der Waals surface area contributed by atoms with Crippen molar-refractivity contribution >= 4 is 22.9 Å². The van der Waals surface area contributed by atoms with E-state index in [-0.39, 0.29) is 40.3 Å². The lowest BCUT2D eigenvalue weighted by Crippen LogP contribution is -2.32. The van der Waals surface area contributed by atoms with Gasteiger partial charge in [0.05, 0.1) is 17.0 Å².